The minimum Gasteiger partial charge on any atom is -0.769 e. The maximum atomic E-state index is 10.1. The van der Waals surface area contributed by atoms with E-state index in [1.807, 2.05) is 0 Å². The van der Waals surface area contributed by atoms with E-state index >= 15 is 0 Å². The molecule has 3 nitrogen and oxygen atoms in total. The van der Waals surface area contributed by atoms with Crippen LogP contribution in [0.2, 0.25) is 0 Å². The van der Waals surface area contributed by atoms with Gasteiger partial charge >= 0.3 is 0 Å². The van der Waals surface area contributed by atoms with Gasteiger partial charge < -0.3 is 9.66 Å². The molecule has 0 saturated carbocycles. The molecule has 1 N–H and O–H groups in total. The van der Waals surface area contributed by atoms with Gasteiger partial charge in [0.25, 0.3) is 0 Å². The Balaban J connectivity index is 2.89. The lowest BCUT2D eigenvalue weighted by molar-refractivity contribution is 0.474. The smallest absolute Gasteiger partial charge is 0.122 e. The summed E-state index contributed by atoms with van der Waals surface area (Å²) in [4.78, 5) is 0. The Hall–Kier alpha value is -1.13. The molecule has 64 valence electrons. The fourth-order valence-electron chi connectivity index (χ4n) is 0.757. The van der Waals surface area contributed by atoms with Crippen LogP contribution in [-0.4, -0.2) is 13.9 Å². The highest BCUT2D eigenvalue weighted by Crippen LogP contribution is 2.16. The summed E-state index contributed by atoms with van der Waals surface area (Å²) in [6, 6.07) is 6.50. The van der Waals surface area contributed by atoms with E-state index < -0.39 is 11.1 Å². The molecule has 1 aromatic carbocycles. The topological polar surface area (TPSA) is 60.4 Å². The molecule has 1 rings (SSSR count). The fourth-order valence-corrected chi connectivity index (χ4v) is 1.02. The lowest BCUT2D eigenvalue weighted by Crippen LogP contribution is -1.78. The zero-order chi connectivity index (χ0) is 8.97. The molecule has 0 aliphatic heterocycles. The molecule has 0 amide bonds. The molecule has 0 fully saturated rings. The lowest BCUT2D eigenvalue weighted by Gasteiger charge is -1.98. The summed E-state index contributed by atoms with van der Waals surface area (Å²) in [6.45, 7) is 0. The molecule has 1 aromatic rings. The minimum atomic E-state index is -2.22. The van der Waals surface area contributed by atoms with Crippen LogP contribution in [-0.2, 0) is 11.1 Å². The fraction of sp³-hybridized carbons (Fsp3) is 0. The van der Waals surface area contributed by atoms with Gasteiger partial charge in [-0.2, -0.15) is 0 Å². The van der Waals surface area contributed by atoms with Gasteiger partial charge in [-0.25, -0.2) is 0 Å². The Morgan fingerprint density at radius 2 is 2.08 bits per heavy atom. The van der Waals surface area contributed by atoms with Crippen LogP contribution in [0.15, 0.2) is 29.7 Å². The molecule has 1 atom stereocenters. The largest absolute Gasteiger partial charge is 0.769 e. The van der Waals surface area contributed by atoms with E-state index in [0.717, 1.165) is 5.41 Å². The van der Waals surface area contributed by atoms with Gasteiger partial charge in [0.1, 0.15) is 5.75 Å². The van der Waals surface area contributed by atoms with Crippen molar-refractivity contribution >= 4 is 17.2 Å². The summed E-state index contributed by atoms with van der Waals surface area (Å²) in [7, 11) is 0. The highest BCUT2D eigenvalue weighted by molar-refractivity contribution is 7.82. The zero-order valence-electron chi connectivity index (χ0n) is 6.14. The molecule has 0 spiro atoms. The second-order valence-corrected chi connectivity index (χ2v) is 2.92. The van der Waals surface area contributed by atoms with Gasteiger partial charge in [-0.3, -0.25) is 4.21 Å². The Kier molecular flexibility index (Phi) is 3.01. The van der Waals surface area contributed by atoms with Gasteiger partial charge in [0.05, 0.1) is 0 Å². The van der Waals surface area contributed by atoms with E-state index in [-0.39, 0.29) is 5.75 Å². The first-order valence-electron chi connectivity index (χ1n) is 3.24. The third kappa shape index (κ3) is 2.48. The Morgan fingerprint density at radius 1 is 1.42 bits per heavy atom. The van der Waals surface area contributed by atoms with Crippen LogP contribution in [0.1, 0.15) is 5.56 Å². The van der Waals surface area contributed by atoms with E-state index in [1.165, 1.54) is 12.1 Å². The summed E-state index contributed by atoms with van der Waals surface area (Å²) in [5.74, 6) is 0.0687. The van der Waals surface area contributed by atoms with Crippen LogP contribution in [0.25, 0.3) is 6.08 Å². The third-order valence-corrected chi connectivity index (χ3v) is 1.65. The molecule has 0 aromatic heterocycles. The predicted octanol–water partition coefficient (Wildman–Crippen LogP) is 1.24. The van der Waals surface area contributed by atoms with Crippen molar-refractivity contribution in [2.24, 2.45) is 0 Å². The van der Waals surface area contributed by atoms with Gasteiger partial charge in [0, 0.05) is 5.56 Å². The molecular formula is C8H7O3S-. The average molecular weight is 183 g/mol. The monoisotopic (exact) mass is 183 g/mol. The lowest BCUT2D eigenvalue weighted by atomic mass is 10.2. The highest BCUT2D eigenvalue weighted by Gasteiger charge is 1.92. The molecule has 0 radical (unpaired) electrons. The molecule has 0 saturated heterocycles. The Bertz CT molecular complexity index is 320. The molecule has 0 aliphatic rings. The number of benzene rings is 1. The van der Waals surface area contributed by atoms with E-state index in [4.69, 9.17) is 0 Å². The van der Waals surface area contributed by atoms with Gasteiger partial charge in [0.15, 0.2) is 0 Å². The number of phenolic OH excluding ortho intramolecular Hbond substituents is 1. The first-order chi connectivity index (χ1) is 5.70. The molecule has 0 heterocycles. The standard InChI is InChI=1S/C8H8O3S/c9-8-4-2-1-3-7(8)5-6-12(10)11/h1-6,9H,(H,10,11)/p-1/b6-5-. The number of hydrogen-bond donors (Lipinski definition) is 1. The summed E-state index contributed by atoms with van der Waals surface area (Å²) in [5, 5.41) is 10.2. The highest BCUT2D eigenvalue weighted by atomic mass is 32.2. The summed E-state index contributed by atoms with van der Waals surface area (Å²) in [5.41, 5.74) is 0.488. The van der Waals surface area contributed by atoms with Crippen molar-refractivity contribution in [1.29, 1.82) is 0 Å². The van der Waals surface area contributed by atoms with Gasteiger partial charge in [-0.1, -0.05) is 18.2 Å². The van der Waals surface area contributed by atoms with Crippen LogP contribution < -0.4 is 0 Å². The van der Waals surface area contributed by atoms with Crippen LogP contribution >= 0.6 is 0 Å². The van der Waals surface area contributed by atoms with Crippen molar-refractivity contribution in [3.05, 3.63) is 35.2 Å². The number of aromatic hydroxyl groups is 1. The van der Waals surface area contributed by atoms with Crippen molar-refractivity contribution in [1.82, 2.24) is 0 Å². The van der Waals surface area contributed by atoms with Gasteiger partial charge in [-0.15, -0.1) is 0 Å². The zero-order valence-corrected chi connectivity index (χ0v) is 6.95. The normalized spacial score (nSPS) is 13.4. The molecular weight excluding hydrogens is 176 g/mol. The van der Waals surface area contributed by atoms with Crippen LogP contribution in [0.4, 0.5) is 0 Å². The van der Waals surface area contributed by atoms with E-state index in [1.54, 1.807) is 18.2 Å². The van der Waals surface area contributed by atoms with Crippen LogP contribution in [0.5, 0.6) is 5.75 Å². The molecule has 12 heavy (non-hydrogen) atoms. The summed E-state index contributed by atoms with van der Waals surface area (Å²) < 4.78 is 20.2. The minimum absolute atomic E-state index is 0.0687. The van der Waals surface area contributed by atoms with E-state index in [9.17, 15) is 13.9 Å². The summed E-state index contributed by atoms with van der Waals surface area (Å²) in [6.07, 6.45) is 1.33. The predicted molar refractivity (Wildman–Crippen MR) is 46.1 cm³/mol. The molecule has 1 unspecified atom stereocenters. The number of phenols is 1. The number of hydrogen-bond acceptors (Lipinski definition) is 3. The summed E-state index contributed by atoms with van der Waals surface area (Å²) >= 11 is -2.22. The molecule has 0 bridgehead atoms. The Morgan fingerprint density at radius 3 is 2.67 bits per heavy atom. The second-order valence-electron chi connectivity index (χ2n) is 2.12. The third-order valence-electron chi connectivity index (χ3n) is 1.30. The van der Waals surface area contributed by atoms with Crippen molar-refractivity contribution < 1.29 is 13.9 Å². The Labute approximate surface area is 72.6 Å². The van der Waals surface area contributed by atoms with Gasteiger partial charge in [-0.05, 0) is 28.6 Å². The van der Waals surface area contributed by atoms with Crippen LogP contribution in [0, 0.1) is 0 Å². The number of rotatable bonds is 2. The molecule has 0 aliphatic carbocycles. The van der Waals surface area contributed by atoms with Crippen molar-refractivity contribution in [3.63, 3.8) is 0 Å². The number of para-hydroxylation sites is 1. The maximum Gasteiger partial charge on any atom is 0.122 e. The first kappa shape index (κ1) is 8.96. The first-order valence-corrected chi connectivity index (χ1v) is 4.38. The van der Waals surface area contributed by atoms with Gasteiger partial charge in [0.2, 0.25) is 0 Å². The molecule has 4 heteroatoms. The van der Waals surface area contributed by atoms with Crippen LogP contribution in [0.3, 0.4) is 0 Å². The second kappa shape index (κ2) is 4.04. The quantitative estimate of drug-likeness (QED) is 0.702. The SMILES string of the molecule is O=S([O-])/C=C\c1ccccc1O. The van der Waals surface area contributed by atoms with E-state index in [2.05, 4.69) is 0 Å². The van der Waals surface area contributed by atoms with Crippen molar-refractivity contribution in [3.8, 4) is 5.75 Å². The van der Waals surface area contributed by atoms with E-state index in [0.29, 0.717) is 5.56 Å². The maximum absolute atomic E-state index is 10.1. The average Bonchev–Trinajstić information content (AvgIpc) is 2.03. The van der Waals surface area contributed by atoms with Crippen molar-refractivity contribution in [2.45, 2.75) is 0 Å². The van der Waals surface area contributed by atoms with Crippen molar-refractivity contribution in [2.75, 3.05) is 0 Å².